The van der Waals surface area contributed by atoms with Crippen molar-refractivity contribution in [2.45, 2.75) is 26.8 Å². The number of ether oxygens (including phenoxy) is 1. The molecule has 1 amide bonds. The summed E-state index contributed by atoms with van der Waals surface area (Å²) in [6, 6.07) is 0. The van der Waals surface area contributed by atoms with Crippen molar-refractivity contribution >= 4 is 11.9 Å². The van der Waals surface area contributed by atoms with Crippen molar-refractivity contribution in [1.82, 2.24) is 20.3 Å². The maximum atomic E-state index is 11.6. The van der Waals surface area contributed by atoms with Gasteiger partial charge in [-0.25, -0.2) is 9.48 Å². The van der Waals surface area contributed by atoms with Gasteiger partial charge in [-0.2, -0.15) is 0 Å². The zero-order valence-corrected chi connectivity index (χ0v) is 11.2. The van der Waals surface area contributed by atoms with Crippen molar-refractivity contribution < 1.29 is 14.3 Å². The molecule has 19 heavy (non-hydrogen) atoms. The maximum Gasteiger partial charge on any atom is 0.361 e. The monoisotopic (exact) mass is 266 g/mol. The molecule has 1 aromatic rings. The number of hydrogen-bond acceptors (Lipinski definition) is 5. The summed E-state index contributed by atoms with van der Waals surface area (Å²) in [5.41, 5.74) is 0.617. The summed E-state index contributed by atoms with van der Waals surface area (Å²) in [6.45, 7) is 7.84. The topological polar surface area (TPSA) is 86.1 Å². The summed E-state index contributed by atoms with van der Waals surface area (Å²) in [4.78, 5) is 23.2. The number of esters is 1. The van der Waals surface area contributed by atoms with E-state index in [9.17, 15) is 9.59 Å². The molecule has 1 rings (SSSR count). The zero-order valence-electron chi connectivity index (χ0n) is 11.2. The van der Waals surface area contributed by atoms with Crippen molar-refractivity contribution in [2.75, 3.05) is 13.2 Å². The minimum atomic E-state index is -0.572. The Kier molecular flexibility index (Phi) is 5.72. The van der Waals surface area contributed by atoms with Crippen molar-refractivity contribution in [3.8, 4) is 0 Å². The fourth-order valence-corrected chi connectivity index (χ4v) is 1.36. The first-order valence-electron chi connectivity index (χ1n) is 6.05. The second-order valence-corrected chi connectivity index (χ2v) is 3.92. The van der Waals surface area contributed by atoms with E-state index in [1.54, 1.807) is 6.92 Å². The van der Waals surface area contributed by atoms with Crippen LogP contribution in [0.4, 0.5) is 0 Å². The van der Waals surface area contributed by atoms with E-state index in [0.29, 0.717) is 12.2 Å². The van der Waals surface area contributed by atoms with Crippen LogP contribution in [-0.4, -0.2) is 40.0 Å². The van der Waals surface area contributed by atoms with E-state index in [4.69, 9.17) is 4.74 Å². The van der Waals surface area contributed by atoms with Crippen LogP contribution in [0.25, 0.3) is 0 Å². The average molecular weight is 266 g/mol. The predicted molar refractivity (Wildman–Crippen MR) is 68.5 cm³/mol. The molecule has 1 aromatic heterocycles. The Labute approximate surface area is 111 Å². The SMILES string of the molecule is C=CCOC(=O)c1nnn(CC(=O)NCCC)c1C. The second-order valence-electron chi connectivity index (χ2n) is 3.92. The van der Waals surface area contributed by atoms with Crippen molar-refractivity contribution in [1.29, 1.82) is 0 Å². The van der Waals surface area contributed by atoms with E-state index in [0.717, 1.165) is 6.42 Å². The molecule has 7 heteroatoms. The van der Waals surface area contributed by atoms with Crippen LogP contribution in [0.3, 0.4) is 0 Å². The highest BCUT2D eigenvalue weighted by Gasteiger charge is 2.18. The minimum absolute atomic E-state index is 0.0353. The van der Waals surface area contributed by atoms with E-state index in [1.807, 2.05) is 6.92 Å². The summed E-state index contributed by atoms with van der Waals surface area (Å²) >= 11 is 0. The molecule has 0 aliphatic heterocycles. The Hall–Kier alpha value is -2.18. The molecule has 0 spiro atoms. The van der Waals surface area contributed by atoms with Crippen LogP contribution in [0.15, 0.2) is 12.7 Å². The largest absolute Gasteiger partial charge is 0.457 e. The predicted octanol–water partition coefficient (Wildman–Crippen LogP) is 0.456. The van der Waals surface area contributed by atoms with E-state index < -0.39 is 5.97 Å². The smallest absolute Gasteiger partial charge is 0.361 e. The van der Waals surface area contributed by atoms with Gasteiger partial charge in [0.15, 0.2) is 5.69 Å². The van der Waals surface area contributed by atoms with Crippen molar-refractivity contribution in [3.05, 3.63) is 24.0 Å². The van der Waals surface area contributed by atoms with Gasteiger partial charge in [-0.3, -0.25) is 4.79 Å². The quantitative estimate of drug-likeness (QED) is 0.572. The number of amides is 1. The van der Waals surface area contributed by atoms with Gasteiger partial charge in [-0.1, -0.05) is 24.8 Å². The Balaban J connectivity index is 2.67. The van der Waals surface area contributed by atoms with Gasteiger partial charge in [0.2, 0.25) is 5.91 Å². The average Bonchev–Trinajstić information content (AvgIpc) is 2.75. The lowest BCUT2D eigenvalue weighted by molar-refractivity contribution is -0.121. The van der Waals surface area contributed by atoms with Gasteiger partial charge in [-0.05, 0) is 13.3 Å². The molecule has 0 saturated carbocycles. The van der Waals surface area contributed by atoms with Crippen LogP contribution in [0.1, 0.15) is 29.5 Å². The first kappa shape index (κ1) is 14.9. The Morgan fingerprint density at radius 3 is 2.89 bits per heavy atom. The molecule has 0 aliphatic carbocycles. The minimum Gasteiger partial charge on any atom is -0.457 e. The van der Waals surface area contributed by atoms with Gasteiger partial charge in [0.25, 0.3) is 0 Å². The number of hydrogen-bond donors (Lipinski definition) is 1. The number of carbonyl (C=O) groups is 2. The molecule has 1 N–H and O–H groups in total. The van der Waals surface area contributed by atoms with Gasteiger partial charge in [0.05, 0.1) is 5.69 Å². The summed E-state index contributed by atoms with van der Waals surface area (Å²) in [5.74, 6) is -0.738. The number of aromatic nitrogens is 3. The molecule has 1 heterocycles. The van der Waals surface area contributed by atoms with E-state index in [-0.39, 0.29) is 24.8 Å². The van der Waals surface area contributed by atoms with Crippen LogP contribution < -0.4 is 5.32 Å². The van der Waals surface area contributed by atoms with Gasteiger partial charge in [0.1, 0.15) is 13.2 Å². The molecule has 104 valence electrons. The Bertz CT molecular complexity index is 468. The normalized spacial score (nSPS) is 10.0. The Morgan fingerprint density at radius 2 is 2.26 bits per heavy atom. The van der Waals surface area contributed by atoms with Gasteiger partial charge in [0, 0.05) is 6.54 Å². The Morgan fingerprint density at radius 1 is 1.53 bits per heavy atom. The molecule has 0 fully saturated rings. The van der Waals surface area contributed by atoms with Crippen molar-refractivity contribution in [3.63, 3.8) is 0 Å². The summed E-state index contributed by atoms with van der Waals surface area (Å²) < 4.78 is 6.24. The fraction of sp³-hybridized carbons (Fsp3) is 0.500. The van der Waals surface area contributed by atoms with Gasteiger partial charge < -0.3 is 10.1 Å². The summed E-state index contributed by atoms with van der Waals surface area (Å²) in [5, 5.41) is 10.2. The zero-order chi connectivity index (χ0) is 14.3. The van der Waals surface area contributed by atoms with Crippen LogP contribution in [-0.2, 0) is 16.1 Å². The molecular weight excluding hydrogens is 248 g/mol. The molecule has 0 aliphatic rings. The first-order chi connectivity index (χ1) is 9.10. The molecule has 0 radical (unpaired) electrons. The molecule has 0 saturated heterocycles. The lowest BCUT2D eigenvalue weighted by Crippen LogP contribution is -2.29. The molecule has 0 aromatic carbocycles. The summed E-state index contributed by atoms with van der Waals surface area (Å²) in [6.07, 6.45) is 2.33. The number of carbonyl (C=O) groups excluding carboxylic acids is 2. The highest BCUT2D eigenvalue weighted by molar-refractivity contribution is 5.88. The third kappa shape index (κ3) is 4.20. The highest BCUT2D eigenvalue weighted by atomic mass is 16.5. The number of nitrogens with zero attached hydrogens (tertiary/aromatic N) is 3. The number of rotatable bonds is 7. The lowest BCUT2D eigenvalue weighted by Gasteiger charge is -2.04. The third-order valence-electron chi connectivity index (χ3n) is 2.37. The molecule has 7 nitrogen and oxygen atoms in total. The van der Waals surface area contributed by atoms with Crippen LogP contribution in [0.2, 0.25) is 0 Å². The summed E-state index contributed by atoms with van der Waals surface area (Å²) in [7, 11) is 0. The standard InChI is InChI=1S/C12H18N4O3/c1-4-6-13-10(17)8-16-9(3)11(14-15-16)12(18)19-7-5-2/h5H,2,4,6-8H2,1,3H3,(H,13,17). The van der Waals surface area contributed by atoms with Gasteiger partial charge >= 0.3 is 5.97 Å². The first-order valence-corrected chi connectivity index (χ1v) is 6.05. The fourth-order valence-electron chi connectivity index (χ4n) is 1.36. The van der Waals surface area contributed by atoms with E-state index >= 15 is 0 Å². The van der Waals surface area contributed by atoms with E-state index in [1.165, 1.54) is 10.8 Å². The van der Waals surface area contributed by atoms with Crippen LogP contribution >= 0.6 is 0 Å². The molecule has 0 atom stereocenters. The molecule has 0 bridgehead atoms. The lowest BCUT2D eigenvalue weighted by atomic mass is 10.3. The molecule has 0 unspecified atom stereocenters. The second kappa shape index (κ2) is 7.30. The third-order valence-corrected chi connectivity index (χ3v) is 2.37. The maximum absolute atomic E-state index is 11.6. The van der Waals surface area contributed by atoms with Gasteiger partial charge in [-0.15, -0.1) is 5.10 Å². The molecular formula is C12H18N4O3. The van der Waals surface area contributed by atoms with Crippen LogP contribution in [0, 0.1) is 6.92 Å². The van der Waals surface area contributed by atoms with Crippen molar-refractivity contribution in [2.24, 2.45) is 0 Å². The number of nitrogens with one attached hydrogen (secondary N) is 1. The van der Waals surface area contributed by atoms with Crippen LogP contribution in [0.5, 0.6) is 0 Å². The van der Waals surface area contributed by atoms with E-state index in [2.05, 4.69) is 22.2 Å². The highest BCUT2D eigenvalue weighted by Crippen LogP contribution is 2.05.